The van der Waals surface area contributed by atoms with Gasteiger partial charge in [-0.05, 0) is 67.6 Å². The molecule has 28 heavy (non-hydrogen) atoms. The predicted octanol–water partition coefficient (Wildman–Crippen LogP) is 3.47. The van der Waals surface area contributed by atoms with Gasteiger partial charge in [0.05, 0.1) is 12.5 Å². The van der Waals surface area contributed by atoms with Crippen molar-refractivity contribution in [2.24, 2.45) is 0 Å². The number of nitrogens with one attached hydrogen (secondary N) is 2. The second-order valence-corrected chi connectivity index (χ2v) is 7.36. The quantitative estimate of drug-likeness (QED) is 0.758. The van der Waals surface area contributed by atoms with Gasteiger partial charge in [0.2, 0.25) is 5.91 Å². The smallest absolute Gasteiger partial charge is 0.323 e. The zero-order chi connectivity index (χ0) is 20.1. The third kappa shape index (κ3) is 5.33. The number of aliphatic hydroxyl groups is 1. The van der Waals surface area contributed by atoms with Crippen molar-refractivity contribution in [3.8, 4) is 0 Å². The molecule has 0 radical (unpaired) electrons. The highest BCUT2D eigenvalue weighted by atomic mass is 16.3. The van der Waals surface area contributed by atoms with Crippen LogP contribution >= 0.6 is 0 Å². The number of amides is 3. The Balaban J connectivity index is 1.51. The molecule has 0 aliphatic carbocycles. The number of aliphatic hydroxyl groups excluding tert-OH is 1. The number of anilines is 2. The van der Waals surface area contributed by atoms with Crippen LogP contribution in [0.3, 0.4) is 0 Å². The van der Waals surface area contributed by atoms with E-state index >= 15 is 0 Å². The van der Waals surface area contributed by atoms with Crippen LogP contribution in [0.15, 0.2) is 42.5 Å². The van der Waals surface area contributed by atoms with Crippen LogP contribution in [0.5, 0.6) is 0 Å². The fraction of sp³-hybridized carbons (Fsp3) is 0.364. The molecule has 0 saturated carbocycles. The molecule has 3 N–H and O–H groups in total. The summed E-state index contributed by atoms with van der Waals surface area (Å²) in [6.07, 6.45) is 1.32. The topological polar surface area (TPSA) is 81.7 Å². The van der Waals surface area contributed by atoms with E-state index in [0.717, 1.165) is 16.8 Å². The average Bonchev–Trinajstić information content (AvgIpc) is 2.67. The second-order valence-electron chi connectivity index (χ2n) is 7.36. The van der Waals surface area contributed by atoms with Crippen molar-refractivity contribution >= 4 is 23.3 Å². The summed E-state index contributed by atoms with van der Waals surface area (Å²) in [5, 5.41) is 15.2. The molecule has 1 saturated heterocycles. The van der Waals surface area contributed by atoms with Crippen LogP contribution in [0.2, 0.25) is 0 Å². The van der Waals surface area contributed by atoms with Crippen LogP contribution in [0.4, 0.5) is 16.2 Å². The van der Waals surface area contributed by atoms with Crippen molar-refractivity contribution in [1.82, 2.24) is 4.90 Å². The number of carbonyl (C=O) groups is 2. The van der Waals surface area contributed by atoms with Gasteiger partial charge in [0.15, 0.2) is 0 Å². The van der Waals surface area contributed by atoms with Gasteiger partial charge in [-0.15, -0.1) is 0 Å². The Kier molecular flexibility index (Phi) is 6.31. The minimum absolute atomic E-state index is 0.0695. The normalized spacial score (nSPS) is 14.6. The average molecular weight is 381 g/mol. The van der Waals surface area contributed by atoms with E-state index in [2.05, 4.69) is 10.6 Å². The molecule has 3 rings (SSSR count). The van der Waals surface area contributed by atoms with E-state index in [1.54, 1.807) is 17.0 Å². The Morgan fingerprint density at radius 3 is 2.21 bits per heavy atom. The minimum Gasteiger partial charge on any atom is -0.393 e. The molecule has 1 aliphatic rings. The van der Waals surface area contributed by atoms with Crippen molar-refractivity contribution in [2.45, 2.75) is 39.2 Å². The van der Waals surface area contributed by atoms with E-state index in [9.17, 15) is 14.7 Å². The highest BCUT2D eigenvalue weighted by molar-refractivity contribution is 5.99. The number of piperidine rings is 1. The van der Waals surface area contributed by atoms with Gasteiger partial charge < -0.3 is 20.6 Å². The maximum Gasteiger partial charge on any atom is 0.323 e. The highest BCUT2D eigenvalue weighted by Crippen LogP contribution is 2.16. The third-order valence-corrected chi connectivity index (χ3v) is 5.15. The van der Waals surface area contributed by atoms with Gasteiger partial charge in [-0.2, -0.15) is 0 Å². The van der Waals surface area contributed by atoms with E-state index in [1.807, 2.05) is 44.2 Å². The first-order valence-corrected chi connectivity index (χ1v) is 9.61. The van der Waals surface area contributed by atoms with E-state index in [4.69, 9.17) is 0 Å². The fourth-order valence-electron chi connectivity index (χ4n) is 3.22. The second kappa shape index (κ2) is 8.89. The van der Waals surface area contributed by atoms with E-state index in [1.165, 1.54) is 5.56 Å². The lowest BCUT2D eigenvalue weighted by atomic mass is 10.1. The lowest BCUT2D eigenvalue weighted by molar-refractivity contribution is -0.132. The highest BCUT2D eigenvalue weighted by Gasteiger charge is 2.21. The molecule has 0 unspecified atom stereocenters. The molecule has 1 fully saturated rings. The van der Waals surface area contributed by atoms with Crippen LogP contribution in [0.25, 0.3) is 0 Å². The molecule has 2 aromatic rings. The SMILES string of the molecule is Cc1ccc(NC(=O)Nc2ccc(CC(=O)N3CCC(O)CC3)cc2)cc1C. The number of urea groups is 1. The summed E-state index contributed by atoms with van der Waals surface area (Å²) in [4.78, 5) is 26.3. The molecule has 148 valence electrons. The van der Waals surface area contributed by atoms with Crippen molar-refractivity contribution < 1.29 is 14.7 Å². The van der Waals surface area contributed by atoms with E-state index < -0.39 is 0 Å². The van der Waals surface area contributed by atoms with Gasteiger partial charge in [0.25, 0.3) is 0 Å². The van der Waals surface area contributed by atoms with Crippen molar-refractivity contribution in [1.29, 1.82) is 0 Å². The van der Waals surface area contributed by atoms with Gasteiger partial charge in [0, 0.05) is 24.5 Å². The molecule has 2 aromatic carbocycles. The van der Waals surface area contributed by atoms with Crippen LogP contribution in [0, 0.1) is 13.8 Å². The molecular formula is C22H27N3O3. The number of aryl methyl sites for hydroxylation is 2. The molecular weight excluding hydrogens is 354 g/mol. The lowest BCUT2D eigenvalue weighted by Gasteiger charge is -2.29. The zero-order valence-electron chi connectivity index (χ0n) is 16.4. The van der Waals surface area contributed by atoms with Gasteiger partial charge >= 0.3 is 6.03 Å². The molecule has 6 nitrogen and oxygen atoms in total. The summed E-state index contributed by atoms with van der Waals surface area (Å²) >= 11 is 0. The van der Waals surface area contributed by atoms with Gasteiger partial charge in [-0.1, -0.05) is 18.2 Å². The number of carbonyl (C=O) groups excluding carboxylic acids is 2. The Hall–Kier alpha value is -2.86. The maximum absolute atomic E-state index is 12.4. The number of likely N-dealkylation sites (tertiary alicyclic amines) is 1. The Morgan fingerprint density at radius 1 is 0.964 bits per heavy atom. The first kappa shape index (κ1) is 19.9. The largest absolute Gasteiger partial charge is 0.393 e. The third-order valence-electron chi connectivity index (χ3n) is 5.15. The fourth-order valence-corrected chi connectivity index (χ4v) is 3.22. The first-order chi connectivity index (χ1) is 13.4. The molecule has 1 heterocycles. The van der Waals surface area contributed by atoms with Crippen LogP contribution < -0.4 is 10.6 Å². The van der Waals surface area contributed by atoms with E-state index in [-0.39, 0.29) is 18.0 Å². The van der Waals surface area contributed by atoms with Gasteiger partial charge in [-0.3, -0.25) is 4.79 Å². The molecule has 6 heteroatoms. The van der Waals surface area contributed by atoms with Crippen LogP contribution in [-0.2, 0) is 11.2 Å². The first-order valence-electron chi connectivity index (χ1n) is 9.61. The van der Waals surface area contributed by atoms with Gasteiger partial charge in [-0.25, -0.2) is 4.79 Å². The number of hydrogen-bond donors (Lipinski definition) is 3. The Labute approximate surface area is 165 Å². The molecule has 0 spiro atoms. The summed E-state index contributed by atoms with van der Waals surface area (Å²) in [7, 11) is 0. The van der Waals surface area contributed by atoms with Crippen molar-refractivity contribution in [2.75, 3.05) is 23.7 Å². The van der Waals surface area contributed by atoms with Crippen LogP contribution in [0.1, 0.15) is 29.5 Å². The summed E-state index contributed by atoms with van der Waals surface area (Å²) in [5.41, 5.74) is 4.61. The van der Waals surface area contributed by atoms with Crippen molar-refractivity contribution in [3.05, 3.63) is 59.2 Å². The predicted molar refractivity (Wildman–Crippen MR) is 111 cm³/mol. The Morgan fingerprint density at radius 2 is 1.57 bits per heavy atom. The maximum atomic E-state index is 12.4. The summed E-state index contributed by atoms with van der Waals surface area (Å²) in [6, 6.07) is 12.8. The standard InChI is InChI=1S/C22H27N3O3/c1-15-3-6-19(13-16(15)2)24-22(28)23-18-7-4-17(5-8-18)14-21(27)25-11-9-20(26)10-12-25/h3-8,13,20,26H,9-12,14H2,1-2H3,(H2,23,24,28). The van der Waals surface area contributed by atoms with Gasteiger partial charge in [0.1, 0.15) is 0 Å². The van der Waals surface area contributed by atoms with E-state index in [0.29, 0.717) is 38.0 Å². The molecule has 0 aromatic heterocycles. The molecule has 0 atom stereocenters. The number of rotatable bonds is 4. The van der Waals surface area contributed by atoms with Crippen LogP contribution in [-0.4, -0.2) is 41.1 Å². The summed E-state index contributed by atoms with van der Waals surface area (Å²) < 4.78 is 0. The summed E-state index contributed by atoms with van der Waals surface area (Å²) in [6.45, 7) is 5.25. The number of nitrogens with zero attached hydrogens (tertiary/aromatic N) is 1. The summed E-state index contributed by atoms with van der Waals surface area (Å²) in [5.74, 6) is 0.0695. The van der Waals surface area contributed by atoms with Crippen molar-refractivity contribution in [3.63, 3.8) is 0 Å². The lowest BCUT2D eigenvalue weighted by Crippen LogP contribution is -2.40. The number of hydrogen-bond acceptors (Lipinski definition) is 3. The molecule has 3 amide bonds. The zero-order valence-corrected chi connectivity index (χ0v) is 16.4. The number of benzene rings is 2. The monoisotopic (exact) mass is 381 g/mol. The minimum atomic E-state index is -0.307. The molecule has 1 aliphatic heterocycles. The molecule has 0 bridgehead atoms. The Bertz CT molecular complexity index is 841.